The van der Waals surface area contributed by atoms with Gasteiger partial charge < -0.3 is 15.7 Å². The highest BCUT2D eigenvalue weighted by Crippen LogP contribution is 2.25. The minimum Gasteiger partial charge on any atom is -0.481 e. The zero-order valence-electron chi connectivity index (χ0n) is 11.7. The van der Waals surface area contributed by atoms with Crippen molar-refractivity contribution in [3.8, 4) is 0 Å². The lowest BCUT2D eigenvalue weighted by Gasteiger charge is -2.24. The second-order valence-electron chi connectivity index (χ2n) is 4.89. The lowest BCUT2D eigenvalue weighted by atomic mass is 9.82. The van der Waals surface area contributed by atoms with E-state index >= 15 is 0 Å². The molecule has 0 fully saturated rings. The fourth-order valence-electron chi connectivity index (χ4n) is 2.16. The normalized spacial score (nSPS) is 21.2. The van der Waals surface area contributed by atoms with Gasteiger partial charge in [0.05, 0.1) is 11.8 Å². The van der Waals surface area contributed by atoms with Crippen LogP contribution >= 0.6 is 0 Å². The molecule has 0 saturated heterocycles. The fraction of sp³-hybridized carbons (Fsp3) is 0.643. The van der Waals surface area contributed by atoms with Crippen LogP contribution in [0.2, 0.25) is 0 Å². The maximum absolute atomic E-state index is 12.0. The van der Waals surface area contributed by atoms with Gasteiger partial charge in [0.25, 0.3) is 0 Å². The highest BCUT2D eigenvalue weighted by Gasteiger charge is 2.33. The molecule has 0 bridgehead atoms. The molecule has 1 rings (SSSR count). The van der Waals surface area contributed by atoms with Crippen LogP contribution in [0.15, 0.2) is 12.2 Å². The number of hydrogen-bond acceptors (Lipinski definition) is 3. The molecular weight excluding hydrogens is 260 g/mol. The van der Waals surface area contributed by atoms with Crippen LogP contribution in [0.4, 0.5) is 0 Å². The molecule has 3 N–H and O–H groups in total. The minimum absolute atomic E-state index is 0.106. The van der Waals surface area contributed by atoms with E-state index in [9.17, 15) is 14.4 Å². The molecule has 1 aliphatic carbocycles. The summed E-state index contributed by atoms with van der Waals surface area (Å²) >= 11 is 0. The molecule has 0 unspecified atom stereocenters. The van der Waals surface area contributed by atoms with Crippen LogP contribution in [0.5, 0.6) is 0 Å². The summed E-state index contributed by atoms with van der Waals surface area (Å²) in [7, 11) is 0. The highest BCUT2D eigenvalue weighted by molar-refractivity contribution is 5.85. The van der Waals surface area contributed by atoms with Gasteiger partial charge in [0, 0.05) is 19.5 Å². The third kappa shape index (κ3) is 5.03. The van der Waals surface area contributed by atoms with Crippen molar-refractivity contribution in [2.75, 3.05) is 13.1 Å². The van der Waals surface area contributed by atoms with Gasteiger partial charge in [0.2, 0.25) is 11.8 Å². The summed E-state index contributed by atoms with van der Waals surface area (Å²) in [5.74, 6) is -2.56. The Morgan fingerprint density at radius 3 is 2.35 bits per heavy atom. The van der Waals surface area contributed by atoms with Gasteiger partial charge in [0.1, 0.15) is 0 Å². The molecule has 0 spiro atoms. The van der Waals surface area contributed by atoms with Crippen LogP contribution in [-0.4, -0.2) is 36.0 Å². The number of carbonyl (C=O) groups excluding carboxylic acids is 2. The second kappa shape index (κ2) is 8.35. The summed E-state index contributed by atoms with van der Waals surface area (Å²) in [6.07, 6.45) is 5.52. The highest BCUT2D eigenvalue weighted by atomic mass is 16.4. The first-order chi connectivity index (χ1) is 9.56. The molecule has 0 aromatic heterocycles. The third-order valence-corrected chi connectivity index (χ3v) is 3.31. The predicted octanol–water partition coefficient (Wildman–Crippen LogP) is 0.686. The molecule has 6 heteroatoms. The summed E-state index contributed by atoms with van der Waals surface area (Å²) < 4.78 is 0. The van der Waals surface area contributed by atoms with Crippen molar-refractivity contribution in [3.05, 3.63) is 12.2 Å². The van der Waals surface area contributed by atoms with E-state index in [0.717, 1.165) is 6.42 Å². The Kier molecular flexibility index (Phi) is 6.76. The lowest BCUT2D eigenvalue weighted by molar-refractivity contribution is -0.147. The van der Waals surface area contributed by atoms with Crippen LogP contribution < -0.4 is 10.6 Å². The van der Waals surface area contributed by atoms with E-state index in [4.69, 9.17) is 5.11 Å². The average Bonchev–Trinajstić information content (AvgIpc) is 2.44. The fourth-order valence-corrected chi connectivity index (χ4v) is 2.16. The Morgan fingerprint density at radius 1 is 1.10 bits per heavy atom. The Labute approximate surface area is 118 Å². The van der Waals surface area contributed by atoms with Crippen molar-refractivity contribution in [1.29, 1.82) is 0 Å². The minimum atomic E-state index is -0.949. The topological polar surface area (TPSA) is 95.5 Å². The Balaban J connectivity index is 2.36. The molecule has 0 aromatic rings. The van der Waals surface area contributed by atoms with Crippen LogP contribution in [0, 0.1) is 11.8 Å². The van der Waals surface area contributed by atoms with Crippen LogP contribution in [0.3, 0.4) is 0 Å². The van der Waals surface area contributed by atoms with Crippen molar-refractivity contribution in [2.45, 2.75) is 32.6 Å². The largest absolute Gasteiger partial charge is 0.481 e. The van der Waals surface area contributed by atoms with Crippen molar-refractivity contribution >= 4 is 17.8 Å². The van der Waals surface area contributed by atoms with Crippen molar-refractivity contribution in [1.82, 2.24) is 10.6 Å². The Hall–Kier alpha value is -1.85. The van der Waals surface area contributed by atoms with E-state index in [1.165, 1.54) is 0 Å². The number of allylic oxidation sites excluding steroid dienone is 2. The van der Waals surface area contributed by atoms with Gasteiger partial charge in [-0.05, 0) is 19.3 Å². The Morgan fingerprint density at radius 2 is 1.75 bits per heavy atom. The van der Waals surface area contributed by atoms with Crippen LogP contribution in [0.25, 0.3) is 0 Å². The maximum atomic E-state index is 12.0. The first kappa shape index (κ1) is 16.2. The number of carboxylic acid groups (broad SMARTS) is 1. The molecule has 0 aromatic carbocycles. The summed E-state index contributed by atoms with van der Waals surface area (Å²) in [4.78, 5) is 34.4. The number of amides is 2. The van der Waals surface area contributed by atoms with Crippen molar-refractivity contribution in [3.63, 3.8) is 0 Å². The summed E-state index contributed by atoms with van der Waals surface area (Å²) in [5.41, 5.74) is 0. The summed E-state index contributed by atoms with van der Waals surface area (Å²) in [5, 5.41) is 14.5. The van der Waals surface area contributed by atoms with E-state index in [2.05, 4.69) is 10.6 Å². The first-order valence-corrected chi connectivity index (χ1v) is 6.98. The zero-order valence-corrected chi connectivity index (χ0v) is 11.7. The number of nitrogens with one attached hydrogen (secondary N) is 2. The molecule has 2 amide bonds. The quantitative estimate of drug-likeness (QED) is 0.598. The number of carboxylic acids is 1. The van der Waals surface area contributed by atoms with E-state index in [0.29, 0.717) is 19.4 Å². The summed E-state index contributed by atoms with van der Waals surface area (Å²) in [6.45, 7) is 2.83. The molecule has 1 aliphatic rings. The molecule has 0 radical (unpaired) electrons. The monoisotopic (exact) mass is 282 g/mol. The Bertz CT molecular complexity index is 393. The molecule has 0 aliphatic heterocycles. The SMILES string of the molecule is CCCNC(=O)CCNC(=O)[C@@H]1CC=CC[C@@H]1C(=O)O. The standard InChI is InChI=1S/C14H22N2O4/c1-2-8-15-12(17)7-9-16-13(18)10-5-3-4-6-11(10)14(19)20/h3-4,10-11H,2,5-9H2,1H3,(H,15,17)(H,16,18)(H,19,20)/t10-,11+/m1/s1. The molecule has 112 valence electrons. The van der Waals surface area contributed by atoms with Crippen LogP contribution in [-0.2, 0) is 14.4 Å². The van der Waals surface area contributed by atoms with Gasteiger partial charge in [0.15, 0.2) is 0 Å². The molecule has 6 nitrogen and oxygen atoms in total. The van der Waals surface area contributed by atoms with Gasteiger partial charge in [-0.1, -0.05) is 19.1 Å². The van der Waals surface area contributed by atoms with E-state index in [1.54, 1.807) is 6.08 Å². The second-order valence-corrected chi connectivity index (χ2v) is 4.89. The van der Waals surface area contributed by atoms with Crippen molar-refractivity contribution in [2.24, 2.45) is 11.8 Å². The third-order valence-electron chi connectivity index (χ3n) is 3.31. The van der Waals surface area contributed by atoms with Crippen LogP contribution in [0.1, 0.15) is 32.6 Å². The van der Waals surface area contributed by atoms with Gasteiger partial charge in [-0.2, -0.15) is 0 Å². The first-order valence-electron chi connectivity index (χ1n) is 6.98. The average molecular weight is 282 g/mol. The number of aliphatic carboxylic acids is 1. The molecule has 0 heterocycles. The lowest BCUT2D eigenvalue weighted by Crippen LogP contribution is -2.40. The van der Waals surface area contributed by atoms with Gasteiger partial charge in [-0.15, -0.1) is 0 Å². The summed E-state index contributed by atoms with van der Waals surface area (Å²) in [6, 6.07) is 0. The van der Waals surface area contributed by atoms with E-state index in [-0.39, 0.29) is 24.8 Å². The smallest absolute Gasteiger partial charge is 0.307 e. The van der Waals surface area contributed by atoms with Crippen molar-refractivity contribution < 1.29 is 19.5 Å². The van der Waals surface area contributed by atoms with Gasteiger partial charge in [-0.25, -0.2) is 0 Å². The van der Waals surface area contributed by atoms with E-state index < -0.39 is 17.8 Å². The van der Waals surface area contributed by atoms with E-state index in [1.807, 2.05) is 13.0 Å². The van der Waals surface area contributed by atoms with Gasteiger partial charge >= 0.3 is 5.97 Å². The number of hydrogen-bond donors (Lipinski definition) is 3. The molecular formula is C14H22N2O4. The molecule has 2 atom stereocenters. The predicted molar refractivity (Wildman–Crippen MR) is 73.9 cm³/mol. The molecule has 20 heavy (non-hydrogen) atoms. The number of carbonyl (C=O) groups is 3. The number of rotatable bonds is 7. The maximum Gasteiger partial charge on any atom is 0.307 e. The van der Waals surface area contributed by atoms with Gasteiger partial charge in [-0.3, -0.25) is 14.4 Å². The molecule has 0 saturated carbocycles. The zero-order chi connectivity index (χ0) is 15.0.